The lowest BCUT2D eigenvalue weighted by molar-refractivity contribution is 0.0697. The number of nitrogens with zero attached hydrogens (tertiary/aromatic N) is 1. The average Bonchev–Trinajstić information content (AvgIpc) is 3.24. The first-order valence-corrected chi connectivity index (χ1v) is 11.1. The van der Waals surface area contributed by atoms with Gasteiger partial charge in [0.15, 0.2) is 5.11 Å². The van der Waals surface area contributed by atoms with Gasteiger partial charge in [-0.1, -0.05) is 42.5 Å². The Labute approximate surface area is 205 Å². The molecule has 1 aromatic heterocycles. The van der Waals surface area contributed by atoms with Crippen molar-refractivity contribution >= 4 is 57.1 Å². The predicted molar refractivity (Wildman–Crippen MR) is 141 cm³/mol. The molecule has 0 atom stereocenters. The van der Waals surface area contributed by atoms with Gasteiger partial charge >= 0.3 is 5.97 Å². The number of rotatable bonds is 5. The molecule has 0 radical (unpaired) electrons. The van der Waals surface area contributed by atoms with Crippen LogP contribution in [-0.2, 0) is 0 Å². The summed E-state index contributed by atoms with van der Waals surface area (Å²) >= 11 is 5.23. The van der Waals surface area contributed by atoms with Crippen molar-refractivity contribution in [1.29, 1.82) is 0 Å². The maximum absolute atomic E-state index is 11.0. The number of carboxylic acids is 1. The smallest absolute Gasteiger partial charge is 0.335 e. The summed E-state index contributed by atoms with van der Waals surface area (Å²) in [4.78, 5) is 11.0. The number of fused-ring (bicyclic) bond motifs is 3. The minimum absolute atomic E-state index is 0.0824. The molecule has 0 saturated heterocycles. The second kappa shape index (κ2) is 9.28. The molecular formula is C27H19N3O4S. The number of para-hydroxylation sites is 2. The first kappa shape index (κ1) is 22.1. The lowest BCUT2D eigenvalue weighted by Crippen LogP contribution is -2.23. The molecule has 4 aromatic carbocycles. The molecule has 172 valence electrons. The lowest BCUT2D eigenvalue weighted by atomic mass is 9.97. The van der Waals surface area contributed by atoms with Crippen LogP contribution in [0.4, 0.5) is 5.69 Å². The van der Waals surface area contributed by atoms with Gasteiger partial charge in [0, 0.05) is 27.6 Å². The van der Waals surface area contributed by atoms with Gasteiger partial charge in [-0.25, -0.2) is 4.79 Å². The zero-order chi connectivity index (χ0) is 24.4. The van der Waals surface area contributed by atoms with Gasteiger partial charge < -0.3 is 19.9 Å². The number of hydrogen-bond donors (Lipinski definition) is 4. The third-order valence-electron chi connectivity index (χ3n) is 5.52. The van der Waals surface area contributed by atoms with E-state index >= 15 is 0 Å². The van der Waals surface area contributed by atoms with Gasteiger partial charge in [0.25, 0.3) is 0 Å². The average molecular weight is 482 g/mol. The SMILES string of the molecule is O=C(O)c1ccc(NC(=S)N/N=C\c2cccc(-c3cccc4oc5ccccc5c34)c2O)cc1. The van der Waals surface area contributed by atoms with E-state index in [0.717, 1.165) is 27.5 Å². The Bertz CT molecular complexity index is 1610. The van der Waals surface area contributed by atoms with E-state index < -0.39 is 5.97 Å². The highest BCUT2D eigenvalue weighted by molar-refractivity contribution is 7.80. The van der Waals surface area contributed by atoms with Gasteiger partial charge in [-0.05, 0) is 60.2 Å². The predicted octanol–water partition coefficient (Wildman–Crippen LogP) is 5.98. The molecular weight excluding hydrogens is 462 g/mol. The number of phenols is 1. The molecule has 0 unspecified atom stereocenters. The Morgan fingerprint density at radius 1 is 0.886 bits per heavy atom. The van der Waals surface area contributed by atoms with E-state index in [1.807, 2.05) is 54.6 Å². The molecule has 0 saturated carbocycles. The monoisotopic (exact) mass is 481 g/mol. The van der Waals surface area contributed by atoms with Crippen LogP contribution in [0.15, 0.2) is 94.4 Å². The number of carbonyl (C=O) groups is 1. The molecule has 0 bridgehead atoms. The molecule has 0 fully saturated rings. The lowest BCUT2D eigenvalue weighted by Gasteiger charge is -2.09. The Hall–Kier alpha value is -4.69. The Morgan fingerprint density at radius 2 is 1.60 bits per heavy atom. The summed E-state index contributed by atoms with van der Waals surface area (Å²) in [6.45, 7) is 0. The van der Waals surface area contributed by atoms with Crippen LogP contribution in [0.3, 0.4) is 0 Å². The van der Waals surface area contributed by atoms with Crippen LogP contribution in [0.5, 0.6) is 5.75 Å². The highest BCUT2D eigenvalue weighted by Gasteiger charge is 2.15. The largest absolute Gasteiger partial charge is 0.507 e. The van der Waals surface area contributed by atoms with Gasteiger partial charge in [-0.3, -0.25) is 5.43 Å². The number of aromatic carboxylic acids is 1. The second-order valence-electron chi connectivity index (χ2n) is 7.73. The number of benzene rings is 4. The number of aromatic hydroxyl groups is 1. The summed E-state index contributed by atoms with van der Waals surface area (Å²) < 4.78 is 5.97. The van der Waals surface area contributed by atoms with Crippen molar-refractivity contribution in [2.45, 2.75) is 0 Å². The second-order valence-corrected chi connectivity index (χ2v) is 8.14. The maximum Gasteiger partial charge on any atom is 0.335 e. The van der Waals surface area contributed by atoms with E-state index in [0.29, 0.717) is 16.8 Å². The normalized spacial score (nSPS) is 11.2. The highest BCUT2D eigenvalue weighted by Crippen LogP contribution is 2.40. The molecule has 0 spiro atoms. The Morgan fingerprint density at radius 3 is 2.40 bits per heavy atom. The molecule has 8 heteroatoms. The quantitative estimate of drug-likeness (QED) is 0.139. The summed E-state index contributed by atoms with van der Waals surface area (Å²) in [7, 11) is 0. The van der Waals surface area contributed by atoms with Gasteiger partial charge in [0.05, 0.1) is 11.8 Å². The molecule has 0 aliphatic carbocycles. The molecule has 0 aliphatic heterocycles. The third kappa shape index (κ3) is 4.42. The number of anilines is 1. The van der Waals surface area contributed by atoms with E-state index in [2.05, 4.69) is 15.8 Å². The van der Waals surface area contributed by atoms with Gasteiger partial charge in [0.2, 0.25) is 0 Å². The summed E-state index contributed by atoms with van der Waals surface area (Å²) in [5.74, 6) is -0.917. The zero-order valence-electron chi connectivity index (χ0n) is 18.2. The van der Waals surface area contributed by atoms with Crippen molar-refractivity contribution < 1.29 is 19.4 Å². The molecule has 1 heterocycles. The summed E-state index contributed by atoms with van der Waals surface area (Å²) in [5.41, 5.74) is 7.06. The highest BCUT2D eigenvalue weighted by atomic mass is 32.1. The van der Waals surface area contributed by atoms with Gasteiger partial charge in [-0.15, -0.1) is 0 Å². The summed E-state index contributed by atoms with van der Waals surface area (Å²) in [5, 5.41) is 29.2. The van der Waals surface area contributed by atoms with Crippen molar-refractivity contribution in [1.82, 2.24) is 5.43 Å². The van der Waals surface area contributed by atoms with Crippen molar-refractivity contribution in [2.24, 2.45) is 5.10 Å². The maximum atomic E-state index is 11.0. The standard InChI is InChI=1S/C27H19N3O4S/c31-25-17(15-28-30-27(35)29-18-13-11-16(12-14-18)26(32)33)5-3-8-20(25)19-7-4-10-23-24(19)21-6-1-2-9-22(21)34-23/h1-15,31H,(H,32,33)(H2,29,30,35)/b28-15-. The van der Waals surface area contributed by atoms with Crippen LogP contribution in [0, 0.1) is 0 Å². The summed E-state index contributed by atoms with van der Waals surface area (Å²) in [6.07, 6.45) is 1.48. The number of nitrogens with one attached hydrogen (secondary N) is 2. The van der Waals surface area contributed by atoms with Crippen LogP contribution < -0.4 is 10.7 Å². The minimum Gasteiger partial charge on any atom is -0.507 e. The van der Waals surface area contributed by atoms with E-state index in [4.69, 9.17) is 21.7 Å². The van der Waals surface area contributed by atoms with Crippen LogP contribution in [0.25, 0.3) is 33.1 Å². The Balaban J connectivity index is 1.37. The fourth-order valence-electron chi connectivity index (χ4n) is 3.90. The Kier molecular flexibility index (Phi) is 5.87. The molecule has 4 N–H and O–H groups in total. The molecule has 35 heavy (non-hydrogen) atoms. The topological polar surface area (TPSA) is 107 Å². The van der Waals surface area contributed by atoms with Gasteiger partial charge in [-0.2, -0.15) is 5.10 Å². The number of furan rings is 1. The number of thiocarbonyl (C=S) groups is 1. The molecule has 5 aromatic rings. The van der Waals surface area contributed by atoms with E-state index in [1.54, 1.807) is 18.2 Å². The molecule has 5 rings (SSSR count). The van der Waals surface area contributed by atoms with Crippen LogP contribution in [-0.4, -0.2) is 27.5 Å². The molecule has 7 nitrogen and oxygen atoms in total. The van der Waals surface area contributed by atoms with Crippen LogP contribution >= 0.6 is 12.2 Å². The molecule has 0 amide bonds. The first-order chi connectivity index (χ1) is 17.0. The number of hydrazone groups is 1. The van der Waals surface area contributed by atoms with E-state index in [1.165, 1.54) is 18.3 Å². The van der Waals surface area contributed by atoms with Crippen LogP contribution in [0.1, 0.15) is 15.9 Å². The first-order valence-electron chi connectivity index (χ1n) is 10.7. The van der Waals surface area contributed by atoms with E-state index in [9.17, 15) is 9.90 Å². The van der Waals surface area contributed by atoms with Crippen molar-refractivity contribution in [3.8, 4) is 16.9 Å². The number of phenolic OH excluding ortho intramolecular Hbond substituents is 1. The van der Waals surface area contributed by atoms with Crippen molar-refractivity contribution in [2.75, 3.05) is 5.32 Å². The minimum atomic E-state index is -0.999. The van der Waals surface area contributed by atoms with E-state index in [-0.39, 0.29) is 16.4 Å². The summed E-state index contributed by atoms with van der Waals surface area (Å²) in [6, 6.07) is 25.2. The van der Waals surface area contributed by atoms with Gasteiger partial charge in [0.1, 0.15) is 16.9 Å². The molecule has 0 aliphatic rings. The fraction of sp³-hybridized carbons (Fsp3) is 0. The third-order valence-corrected chi connectivity index (χ3v) is 5.71. The number of carboxylic acid groups (broad SMARTS) is 1. The fourth-order valence-corrected chi connectivity index (χ4v) is 4.07. The van der Waals surface area contributed by atoms with Crippen molar-refractivity contribution in [3.63, 3.8) is 0 Å². The zero-order valence-corrected chi connectivity index (χ0v) is 19.0. The van der Waals surface area contributed by atoms with Crippen molar-refractivity contribution in [3.05, 3.63) is 96.1 Å². The number of hydrogen-bond acceptors (Lipinski definition) is 5. The van der Waals surface area contributed by atoms with Crippen LogP contribution in [0.2, 0.25) is 0 Å².